The molecule has 8 aromatic carbocycles. The van der Waals surface area contributed by atoms with Gasteiger partial charge >= 0.3 is 0 Å². The maximum absolute atomic E-state index is 2.31. The van der Waals surface area contributed by atoms with Crippen molar-refractivity contribution in [3.05, 3.63) is 241 Å². The van der Waals surface area contributed by atoms with Gasteiger partial charge in [-0.25, -0.2) is 0 Å². The van der Waals surface area contributed by atoms with Crippen LogP contribution in [0.2, 0.25) is 0 Å². The summed E-state index contributed by atoms with van der Waals surface area (Å²) in [6, 6.07) is 78.5. The van der Waals surface area contributed by atoms with Crippen molar-refractivity contribution in [2.75, 3.05) is 9.80 Å². The Balaban J connectivity index is 0.857. The van der Waals surface area contributed by atoms with E-state index in [1.807, 2.05) is 0 Å². The monoisotopic (exact) mass is 696 g/mol. The van der Waals surface area contributed by atoms with Crippen LogP contribution < -0.4 is 9.80 Å². The zero-order chi connectivity index (χ0) is 36.4. The maximum Gasteiger partial charge on any atom is 0.0461 e. The molecule has 262 valence electrons. The summed E-state index contributed by atoms with van der Waals surface area (Å²) in [7, 11) is 0. The third-order valence-corrected chi connectivity index (χ3v) is 10.1. The quantitative estimate of drug-likeness (QED) is 0.118. The molecule has 0 aromatic heterocycles. The van der Waals surface area contributed by atoms with Crippen LogP contribution in [0.3, 0.4) is 0 Å². The highest BCUT2D eigenvalue weighted by Crippen LogP contribution is 2.35. The van der Waals surface area contributed by atoms with Crippen molar-refractivity contribution in [3.8, 4) is 11.1 Å². The maximum atomic E-state index is 2.31. The van der Waals surface area contributed by atoms with Crippen LogP contribution in [0.25, 0.3) is 11.1 Å². The van der Waals surface area contributed by atoms with Crippen molar-refractivity contribution in [3.63, 3.8) is 0 Å². The zero-order valence-electron chi connectivity index (χ0n) is 30.5. The summed E-state index contributed by atoms with van der Waals surface area (Å²) in [5, 5.41) is 0. The molecule has 0 fully saturated rings. The van der Waals surface area contributed by atoms with Crippen LogP contribution in [0, 0.1) is 0 Å². The lowest BCUT2D eigenvalue weighted by atomic mass is 9.98. The third kappa shape index (κ3) is 8.36. The summed E-state index contributed by atoms with van der Waals surface area (Å²) in [6.45, 7) is 0. The number of anilines is 6. The molecule has 0 spiro atoms. The van der Waals surface area contributed by atoms with Gasteiger partial charge in [0.1, 0.15) is 0 Å². The fraction of sp³-hybridized carbons (Fsp3) is 0.0769. The Labute approximate surface area is 320 Å². The lowest BCUT2D eigenvalue weighted by Crippen LogP contribution is -2.09. The molecular formula is C52H44N2. The van der Waals surface area contributed by atoms with E-state index in [2.05, 4.69) is 228 Å². The van der Waals surface area contributed by atoms with Crippen LogP contribution in [0.4, 0.5) is 34.1 Å². The lowest BCUT2D eigenvalue weighted by molar-refractivity contribution is 0.959. The molecule has 8 rings (SSSR count). The van der Waals surface area contributed by atoms with E-state index in [-0.39, 0.29) is 0 Å². The first-order valence-corrected chi connectivity index (χ1v) is 18.9. The Kier molecular flexibility index (Phi) is 10.7. The number of para-hydroxylation sites is 4. The second-order valence-corrected chi connectivity index (χ2v) is 13.7. The van der Waals surface area contributed by atoms with Gasteiger partial charge in [-0.05, 0) is 132 Å². The highest BCUT2D eigenvalue weighted by atomic mass is 15.1. The molecule has 2 nitrogen and oxygen atoms in total. The SMILES string of the molecule is c1ccc(N(c2ccccc2)c2ccc(CCc3ccc(-c4ccc(CCc5ccc(N(c6ccccc6)c6ccccc6)cc5)cc4)cc3)cc2)cc1. The minimum atomic E-state index is 1.01. The molecule has 0 aliphatic rings. The van der Waals surface area contributed by atoms with Gasteiger partial charge in [-0.3, -0.25) is 0 Å². The van der Waals surface area contributed by atoms with Gasteiger partial charge in [0.15, 0.2) is 0 Å². The normalized spacial score (nSPS) is 10.9. The fourth-order valence-corrected chi connectivity index (χ4v) is 7.13. The number of hydrogen-bond donors (Lipinski definition) is 0. The first-order valence-electron chi connectivity index (χ1n) is 18.9. The average Bonchev–Trinajstić information content (AvgIpc) is 3.25. The predicted molar refractivity (Wildman–Crippen MR) is 229 cm³/mol. The van der Waals surface area contributed by atoms with Crippen LogP contribution in [0.15, 0.2) is 218 Å². The van der Waals surface area contributed by atoms with E-state index in [1.165, 1.54) is 33.4 Å². The van der Waals surface area contributed by atoms with Gasteiger partial charge in [0.2, 0.25) is 0 Å². The molecular weight excluding hydrogens is 653 g/mol. The van der Waals surface area contributed by atoms with Crippen LogP contribution in [0.5, 0.6) is 0 Å². The van der Waals surface area contributed by atoms with E-state index in [1.54, 1.807) is 0 Å². The van der Waals surface area contributed by atoms with E-state index < -0.39 is 0 Å². The minimum absolute atomic E-state index is 1.01. The molecule has 0 saturated carbocycles. The Morgan fingerprint density at radius 2 is 0.407 bits per heavy atom. The summed E-state index contributed by atoms with van der Waals surface area (Å²) >= 11 is 0. The first kappa shape index (κ1) is 34.4. The van der Waals surface area contributed by atoms with Crippen molar-refractivity contribution in [2.45, 2.75) is 25.7 Å². The molecule has 0 saturated heterocycles. The van der Waals surface area contributed by atoms with Gasteiger partial charge in [0.05, 0.1) is 0 Å². The number of hydrogen-bond acceptors (Lipinski definition) is 2. The molecule has 0 heterocycles. The van der Waals surface area contributed by atoms with Crippen LogP contribution >= 0.6 is 0 Å². The standard InChI is InChI=1S/C52H44N2/c1-5-13-47(14-6-1)53(48-15-7-2-8-16-48)51-37-29-43(30-38-51)23-21-41-25-33-45(34-26-41)46-35-27-42(28-36-46)22-24-44-31-39-52(40-32-44)54(49-17-9-3-10-18-49)50-19-11-4-12-20-50/h1-20,25-40H,21-24H2. The van der Waals surface area contributed by atoms with E-state index in [0.29, 0.717) is 0 Å². The zero-order valence-corrected chi connectivity index (χ0v) is 30.5. The Bertz CT molecular complexity index is 2070. The van der Waals surface area contributed by atoms with Crippen molar-refractivity contribution >= 4 is 34.1 Å². The first-order chi connectivity index (χ1) is 26.8. The van der Waals surface area contributed by atoms with Crippen molar-refractivity contribution in [1.82, 2.24) is 0 Å². The second kappa shape index (κ2) is 16.8. The van der Waals surface area contributed by atoms with Crippen LogP contribution in [0.1, 0.15) is 22.3 Å². The Morgan fingerprint density at radius 1 is 0.204 bits per heavy atom. The highest BCUT2D eigenvalue weighted by Gasteiger charge is 2.13. The van der Waals surface area contributed by atoms with Crippen molar-refractivity contribution in [2.24, 2.45) is 0 Å². The largest absolute Gasteiger partial charge is 0.311 e. The molecule has 0 unspecified atom stereocenters. The van der Waals surface area contributed by atoms with Crippen LogP contribution in [-0.4, -0.2) is 0 Å². The van der Waals surface area contributed by atoms with Gasteiger partial charge in [-0.2, -0.15) is 0 Å². The molecule has 0 aliphatic carbocycles. The van der Waals surface area contributed by atoms with Crippen LogP contribution in [-0.2, 0) is 25.7 Å². The number of benzene rings is 8. The molecule has 0 amide bonds. The van der Waals surface area contributed by atoms with E-state index in [0.717, 1.165) is 59.8 Å². The van der Waals surface area contributed by atoms with Gasteiger partial charge < -0.3 is 9.80 Å². The lowest BCUT2D eigenvalue weighted by Gasteiger charge is -2.25. The topological polar surface area (TPSA) is 6.48 Å². The Morgan fingerprint density at radius 3 is 0.648 bits per heavy atom. The Hall–Kier alpha value is -6.64. The van der Waals surface area contributed by atoms with Crippen molar-refractivity contribution < 1.29 is 0 Å². The molecule has 0 bridgehead atoms. The molecule has 54 heavy (non-hydrogen) atoms. The molecule has 2 heteroatoms. The molecule has 8 aromatic rings. The molecule has 0 aliphatic heterocycles. The van der Waals surface area contributed by atoms with Gasteiger partial charge in [0, 0.05) is 34.1 Å². The smallest absolute Gasteiger partial charge is 0.0461 e. The highest BCUT2D eigenvalue weighted by molar-refractivity contribution is 5.77. The summed E-state index contributed by atoms with van der Waals surface area (Å²) in [5.41, 5.74) is 14.9. The number of rotatable bonds is 13. The van der Waals surface area contributed by atoms with E-state index in [9.17, 15) is 0 Å². The summed E-state index contributed by atoms with van der Waals surface area (Å²) in [6.07, 6.45) is 4.03. The summed E-state index contributed by atoms with van der Waals surface area (Å²) in [5.74, 6) is 0. The molecule has 0 radical (unpaired) electrons. The van der Waals surface area contributed by atoms with E-state index in [4.69, 9.17) is 0 Å². The summed E-state index contributed by atoms with van der Waals surface area (Å²) in [4.78, 5) is 4.61. The number of aryl methyl sites for hydroxylation is 4. The van der Waals surface area contributed by atoms with Gasteiger partial charge in [0.25, 0.3) is 0 Å². The van der Waals surface area contributed by atoms with Crippen molar-refractivity contribution in [1.29, 1.82) is 0 Å². The van der Waals surface area contributed by atoms with Gasteiger partial charge in [-0.15, -0.1) is 0 Å². The molecule has 0 N–H and O–H groups in total. The minimum Gasteiger partial charge on any atom is -0.311 e. The fourth-order valence-electron chi connectivity index (χ4n) is 7.13. The number of nitrogens with zero attached hydrogens (tertiary/aromatic N) is 2. The molecule has 0 atom stereocenters. The average molecular weight is 697 g/mol. The third-order valence-electron chi connectivity index (χ3n) is 10.1. The van der Waals surface area contributed by atoms with Gasteiger partial charge in [-0.1, -0.05) is 146 Å². The van der Waals surface area contributed by atoms with E-state index >= 15 is 0 Å². The second-order valence-electron chi connectivity index (χ2n) is 13.7. The predicted octanol–water partition coefficient (Wildman–Crippen LogP) is 13.9. The summed E-state index contributed by atoms with van der Waals surface area (Å²) < 4.78 is 0.